The zero-order valence-corrected chi connectivity index (χ0v) is 18.0. The Hall–Kier alpha value is -0.858. The Balaban J connectivity index is -0.000000405. The lowest BCUT2D eigenvalue weighted by molar-refractivity contribution is -0.231. The second kappa shape index (κ2) is 19.5. The van der Waals surface area contributed by atoms with Gasteiger partial charge in [-0.25, -0.2) is 4.79 Å². The third-order valence-corrected chi connectivity index (χ3v) is 3.23. The lowest BCUT2D eigenvalue weighted by atomic mass is 10.0. The molecule has 0 heterocycles. The molecule has 25 heavy (non-hydrogen) atoms. The number of rotatable bonds is 0. The SMILES string of the molecule is CC(=O)OO.CC(C)O.CC1=CCCC=C(C)CCC(C)=CCC1.[Al]. The number of hydrogen-bond donors (Lipinski definition) is 2. The monoisotopic (exact) mass is 367 g/mol. The van der Waals surface area contributed by atoms with E-state index in [2.05, 4.69) is 43.9 Å². The molecule has 0 aromatic heterocycles. The molecule has 3 radical (unpaired) electrons. The van der Waals surface area contributed by atoms with Crippen LogP contribution in [0.3, 0.4) is 0 Å². The smallest absolute Gasteiger partial charge is 0.339 e. The fourth-order valence-corrected chi connectivity index (χ4v) is 1.91. The highest BCUT2D eigenvalue weighted by Crippen LogP contribution is 2.16. The van der Waals surface area contributed by atoms with Gasteiger partial charge in [-0.3, -0.25) is 0 Å². The number of carbonyl (C=O) groups excluding carboxylic acids is 1. The number of carbonyl (C=O) groups is 1. The summed E-state index contributed by atoms with van der Waals surface area (Å²) in [5.74, 6) is -0.690. The normalized spacial score (nSPS) is 15.2. The molecule has 0 atom stereocenters. The van der Waals surface area contributed by atoms with E-state index in [9.17, 15) is 4.79 Å². The van der Waals surface area contributed by atoms with Crippen LogP contribution in [0.2, 0.25) is 0 Å². The molecule has 0 saturated heterocycles. The van der Waals surface area contributed by atoms with Crippen LogP contribution in [0.5, 0.6) is 0 Å². The molecule has 0 bridgehead atoms. The van der Waals surface area contributed by atoms with E-state index in [1.807, 2.05) is 0 Å². The van der Waals surface area contributed by atoms with Crippen LogP contribution in [-0.4, -0.2) is 39.8 Å². The van der Waals surface area contributed by atoms with Gasteiger partial charge in [0, 0.05) is 30.4 Å². The molecule has 0 aromatic rings. The van der Waals surface area contributed by atoms with Crippen LogP contribution < -0.4 is 0 Å². The van der Waals surface area contributed by atoms with Gasteiger partial charge in [-0.2, -0.15) is 5.26 Å². The first-order valence-electron chi connectivity index (χ1n) is 8.66. The molecular formula is C20H36AlO4. The Labute approximate surface area is 164 Å². The van der Waals surface area contributed by atoms with Crippen LogP contribution in [0.1, 0.15) is 80.1 Å². The molecular weight excluding hydrogens is 331 g/mol. The lowest BCUT2D eigenvalue weighted by Crippen LogP contribution is -1.89. The van der Waals surface area contributed by atoms with E-state index < -0.39 is 5.97 Å². The van der Waals surface area contributed by atoms with Crippen molar-refractivity contribution in [3.8, 4) is 0 Å². The zero-order chi connectivity index (χ0) is 19.0. The fourth-order valence-electron chi connectivity index (χ4n) is 1.91. The van der Waals surface area contributed by atoms with E-state index in [4.69, 9.17) is 10.4 Å². The average Bonchev–Trinajstić information content (AvgIpc) is 2.48. The molecule has 1 rings (SSSR count). The Morgan fingerprint density at radius 1 is 0.920 bits per heavy atom. The molecule has 0 aliphatic heterocycles. The first kappa shape index (κ1) is 28.9. The second-order valence-electron chi connectivity index (χ2n) is 6.44. The van der Waals surface area contributed by atoms with Gasteiger partial charge in [0.25, 0.3) is 0 Å². The van der Waals surface area contributed by atoms with E-state index in [1.54, 1.807) is 30.6 Å². The van der Waals surface area contributed by atoms with Gasteiger partial charge in [0.05, 0.1) is 0 Å². The van der Waals surface area contributed by atoms with E-state index in [1.165, 1.54) is 38.5 Å². The maximum atomic E-state index is 9.34. The molecule has 0 unspecified atom stereocenters. The molecule has 0 spiro atoms. The molecule has 0 amide bonds. The van der Waals surface area contributed by atoms with Crippen molar-refractivity contribution in [2.45, 2.75) is 86.2 Å². The van der Waals surface area contributed by atoms with Crippen molar-refractivity contribution in [3.63, 3.8) is 0 Å². The second-order valence-corrected chi connectivity index (χ2v) is 6.44. The lowest BCUT2D eigenvalue weighted by Gasteiger charge is -2.05. The quantitative estimate of drug-likeness (QED) is 0.267. The van der Waals surface area contributed by atoms with E-state index in [0.717, 1.165) is 6.92 Å². The van der Waals surface area contributed by atoms with Crippen molar-refractivity contribution in [1.29, 1.82) is 0 Å². The van der Waals surface area contributed by atoms with E-state index in [0.29, 0.717) is 0 Å². The average molecular weight is 367 g/mol. The molecule has 0 aromatic carbocycles. The van der Waals surface area contributed by atoms with Gasteiger partial charge in [0.2, 0.25) is 0 Å². The van der Waals surface area contributed by atoms with Crippen LogP contribution in [0, 0.1) is 0 Å². The molecule has 5 heteroatoms. The summed E-state index contributed by atoms with van der Waals surface area (Å²) in [4.78, 5) is 12.5. The minimum atomic E-state index is -0.690. The van der Waals surface area contributed by atoms with Crippen molar-refractivity contribution in [2.75, 3.05) is 0 Å². The van der Waals surface area contributed by atoms with Crippen molar-refractivity contribution in [3.05, 3.63) is 34.9 Å². The summed E-state index contributed by atoms with van der Waals surface area (Å²) in [6, 6.07) is 0. The minimum Gasteiger partial charge on any atom is -0.394 e. The van der Waals surface area contributed by atoms with E-state index >= 15 is 0 Å². The number of hydrogen-bond acceptors (Lipinski definition) is 4. The standard InChI is InChI=1S/C15H24.C3H8O.C2H4O3.Al/c1-13-7-4-5-8-14(2)11-12-15(3)10-6-9-13;1-3(2)4;1-2(3)5-4;/h7-8,10H,4-6,9,11-12H2,1-3H3;3-4H,1-2H3;4H,1H3;. The molecule has 1 aliphatic rings. The van der Waals surface area contributed by atoms with Crippen molar-refractivity contribution in [2.24, 2.45) is 0 Å². The van der Waals surface area contributed by atoms with Crippen LogP contribution in [0.15, 0.2) is 34.9 Å². The summed E-state index contributed by atoms with van der Waals surface area (Å²) in [7, 11) is 0. The van der Waals surface area contributed by atoms with Gasteiger partial charge in [0.1, 0.15) is 0 Å². The third-order valence-electron chi connectivity index (χ3n) is 3.23. The maximum absolute atomic E-state index is 9.34. The Bertz CT molecular complexity index is 421. The van der Waals surface area contributed by atoms with Gasteiger partial charge >= 0.3 is 5.97 Å². The third kappa shape index (κ3) is 28.2. The highest BCUT2D eigenvalue weighted by Gasteiger charge is 1.96. The van der Waals surface area contributed by atoms with Gasteiger partial charge in [-0.05, 0) is 73.1 Å². The topological polar surface area (TPSA) is 66.8 Å². The summed E-state index contributed by atoms with van der Waals surface area (Å²) in [5, 5.41) is 15.3. The van der Waals surface area contributed by atoms with Gasteiger partial charge < -0.3 is 9.99 Å². The number of allylic oxidation sites excluding steroid dienone is 6. The molecule has 0 saturated carbocycles. The predicted octanol–water partition coefficient (Wildman–Crippen LogP) is 5.21. The number of aliphatic hydroxyl groups excluding tert-OH is 1. The minimum absolute atomic E-state index is 0. The van der Waals surface area contributed by atoms with Crippen LogP contribution in [0.4, 0.5) is 0 Å². The van der Waals surface area contributed by atoms with Gasteiger partial charge in [-0.1, -0.05) is 34.9 Å². The molecule has 4 nitrogen and oxygen atoms in total. The number of aliphatic hydroxyl groups is 1. The Morgan fingerprint density at radius 3 is 1.52 bits per heavy atom. The van der Waals surface area contributed by atoms with E-state index in [-0.39, 0.29) is 23.5 Å². The van der Waals surface area contributed by atoms with Crippen LogP contribution in [-0.2, 0) is 9.68 Å². The summed E-state index contributed by atoms with van der Waals surface area (Å²) in [6.07, 6.45) is 14.4. The van der Waals surface area contributed by atoms with Gasteiger partial charge in [-0.15, -0.1) is 0 Å². The molecule has 2 N–H and O–H groups in total. The molecule has 1 aliphatic carbocycles. The molecule has 143 valence electrons. The summed E-state index contributed by atoms with van der Waals surface area (Å²) < 4.78 is 0. The van der Waals surface area contributed by atoms with Crippen molar-refractivity contribution >= 4 is 23.3 Å². The largest absolute Gasteiger partial charge is 0.394 e. The maximum Gasteiger partial charge on any atom is 0.339 e. The highest BCUT2D eigenvalue weighted by molar-refractivity contribution is 5.75. The zero-order valence-electron chi connectivity index (χ0n) is 16.8. The first-order chi connectivity index (χ1) is 11.2. The predicted molar refractivity (Wildman–Crippen MR) is 106 cm³/mol. The van der Waals surface area contributed by atoms with Gasteiger partial charge in [0.15, 0.2) is 0 Å². The summed E-state index contributed by atoms with van der Waals surface area (Å²) >= 11 is 0. The summed E-state index contributed by atoms with van der Waals surface area (Å²) in [6.45, 7) is 11.3. The summed E-state index contributed by atoms with van der Waals surface area (Å²) in [5.41, 5.74) is 4.65. The fraction of sp³-hybridized carbons (Fsp3) is 0.650. The highest BCUT2D eigenvalue weighted by atomic mass is 27.0. The Morgan fingerprint density at radius 2 is 1.20 bits per heavy atom. The van der Waals surface area contributed by atoms with Crippen molar-refractivity contribution < 1.29 is 20.0 Å². The van der Waals surface area contributed by atoms with Crippen molar-refractivity contribution in [1.82, 2.24) is 0 Å². The molecule has 0 fully saturated rings. The Kier molecular flexibility index (Phi) is 22.5. The van der Waals surface area contributed by atoms with Crippen LogP contribution >= 0.6 is 0 Å². The van der Waals surface area contributed by atoms with Crippen LogP contribution in [0.25, 0.3) is 0 Å². The first-order valence-corrected chi connectivity index (χ1v) is 8.66.